The third kappa shape index (κ3) is 3.43. The molecular weight excluding hydrogens is 355 g/mol. The van der Waals surface area contributed by atoms with E-state index in [9.17, 15) is 9.18 Å². The summed E-state index contributed by atoms with van der Waals surface area (Å²) in [6.07, 6.45) is 0. The number of benzene rings is 2. The number of amides is 1. The Balaban J connectivity index is 1.49. The molecule has 4 rings (SSSR count). The summed E-state index contributed by atoms with van der Waals surface area (Å²) in [6, 6.07) is 11.6. The van der Waals surface area contributed by atoms with Crippen molar-refractivity contribution in [2.75, 3.05) is 17.9 Å². The second kappa shape index (κ2) is 6.84. The summed E-state index contributed by atoms with van der Waals surface area (Å²) in [5, 5.41) is 4.41. The minimum atomic E-state index is -0.388. The number of aromatic nitrogens is 1. The van der Waals surface area contributed by atoms with Crippen molar-refractivity contribution >= 4 is 34.3 Å². The molecule has 0 atom stereocenters. The highest BCUT2D eigenvalue weighted by Crippen LogP contribution is 2.36. The van der Waals surface area contributed by atoms with Gasteiger partial charge in [-0.2, -0.15) is 0 Å². The maximum Gasteiger partial charge on any atom is 0.234 e. The summed E-state index contributed by atoms with van der Waals surface area (Å²) in [5.74, 6) is 0.969. The molecule has 0 fully saturated rings. The first kappa shape index (κ1) is 16.7. The number of nitrogens with one attached hydrogen (secondary N) is 1. The molecule has 0 aliphatic carbocycles. The number of carbonyl (C=O) groups is 1. The Morgan fingerprint density at radius 3 is 2.85 bits per heavy atom. The van der Waals surface area contributed by atoms with Crippen LogP contribution < -0.4 is 14.8 Å². The molecule has 26 heavy (non-hydrogen) atoms. The molecule has 1 N–H and O–H groups in total. The van der Waals surface area contributed by atoms with E-state index in [1.165, 1.54) is 23.9 Å². The molecule has 0 radical (unpaired) electrons. The van der Waals surface area contributed by atoms with E-state index in [0.29, 0.717) is 17.2 Å². The maximum absolute atomic E-state index is 13.2. The van der Waals surface area contributed by atoms with Gasteiger partial charge in [0.1, 0.15) is 10.8 Å². The lowest BCUT2D eigenvalue weighted by Crippen LogP contribution is -2.14. The minimum absolute atomic E-state index is 0.181. The summed E-state index contributed by atoms with van der Waals surface area (Å²) in [4.78, 5) is 16.7. The molecule has 0 saturated heterocycles. The summed E-state index contributed by atoms with van der Waals surface area (Å²) in [5.41, 5.74) is 2.19. The Bertz CT molecular complexity index is 1010. The third-order valence-corrected chi connectivity index (χ3v) is 4.99. The molecule has 1 amide bonds. The van der Waals surface area contributed by atoms with E-state index in [1.54, 1.807) is 12.1 Å². The van der Waals surface area contributed by atoms with Gasteiger partial charge >= 0.3 is 0 Å². The van der Waals surface area contributed by atoms with Gasteiger partial charge in [-0.25, -0.2) is 9.37 Å². The molecule has 3 aromatic rings. The predicted octanol–water partition coefficient (Wildman–Crippen LogP) is 4.14. The van der Waals surface area contributed by atoms with E-state index in [2.05, 4.69) is 10.3 Å². The molecule has 1 aromatic heterocycles. The number of anilines is 1. The van der Waals surface area contributed by atoms with Crippen LogP contribution in [0.2, 0.25) is 0 Å². The fourth-order valence-corrected chi connectivity index (χ4v) is 3.48. The molecule has 132 valence electrons. The Kier molecular flexibility index (Phi) is 4.38. The number of hydrogen-bond donors (Lipinski definition) is 1. The topological polar surface area (TPSA) is 60.5 Å². The number of pyridine rings is 1. The smallest absolute Gasteiger partial charge is 0.234 e. The fraction of sp³-hybridized carbons (Fsp3) is 0.158. The first-order valence-corrected chi connectivity index (χ1v) is 8.96. The van der Waals surface area contributed by atoms with E-state index in [1.807, 2.05) is 25.1 Å². The van der Waals surface area contributed by atoms with Crippen LogP contribution in [0.5, 0.6) is 11.5 Å². The van der Waals surface area contributed by atoms with Crippen LogP contribution >= 0.6 is 11.8 Å². The van der Waals surface area contributed by atoms with Crippen molar-refractivity contribution in [2.45, 2.75) is 11.9 Å². The monoisotopic (exact) mass is 370 g/mol. The zero-order valence-corrected chi connectivity index (χ0v) is 14.7. The Labute approximate surface area is 153 Å². The number of ether oxygens (including phenoxy) is 2. The molecule has 0 saturated carbocycles. The SMILES string of the molecule is Cc1cc2cc3c(cc2nc1SCC(=O)Nc1cccc(F)c1)OCO3. The molecule has 1 aliphatic heterocycles. The average molecular weight is 370 g/mol. The number of hydrogen-bond acceptors (Lipinski definition) is 5. The molecule has 7 heteroatoms. The van der Waals surface area contributed by atoms with E-state index in [-0.39, 0.29) is 24.3 Å². The lowest BCUT2D eigenvalue weighted by molar-refractivity contribution is -0.113. The number of aryl methyl sites for hydroxylation is 1. The summed E-state index contributed by atoms with van der Waals surface area (Å²) in [6.45, 7) is 2.16. The van der Waals surface area contributed by atoms with E-state index < -0.39 is 0 Å². The molecule has 0 unspecified atom stereocenters. The molecule has 0 bridgehead atoms. The Morgan fingerprint density at radius 1 is 1.23 bits per heavy atom. The van der Waals surface area contributed by atoms with E-state index >= 15 is 0 Å². The average Bonchev–Trinajstić information content (AvgIpc) is 3.05. The lowest BCUT2D eigenvalue weighted by Gasteiger charge is -2.09. The number of halogens is 1. The maximum atomic E-state index is 13.2. The van der Waals surface area contributed by atoms with Gasteiger partial charge in [-0.1, -0.05) is 17.8 Å². The van der Waals surface area contributed by atoms with Crippen LogP contribution in [-0.4, -0.2) is 23.4 Å². The number of carbonyl (C=O) groups excluding carboxylic acids is 1. The van der Waals surface area contributed by atoms with Crippen molar-refractivity contribution in [1.82, 2.24) is 4.98 Å². The zero-order valence-electron chi connectivity index (χ0n) is 13.9. The molecule has 2 heterocycles. The standard InChI is InChI=1S/C19H15FN2O3S/c1-11-5-12-6-16-17(25-10-24-16)8-15(12)22-19(11)26-9-18(23)21-14-4-2-3-13(20)7-14/h2-8H,9-10H2,1H3,(H,21,23). The number of nitrogens with zero attached hydrogens (tertiary/aromatic N) is 1. The molecular formula is C19H15FN2O3S. The van der Waals surface area contributed by atoms with Crippen molar-refractivity contribution < 1.29 is 18.7 Å². The Morgan fingerprint density at radius 2 is 2.04 bits per heavy atom. The largest absolute Gasteiger partial charge is 0.454 e. The van der Waals surface area contributed by atoms with Crippen LogP contribution in [-0.2, 0) is 4.79 Å². The van der Waals surface area contributed by atoms with Crippen LogP contribution in [0.25, 0.3) is 10.9 Å². The quantitative estimate of drug-likeness (QED) is 0.700. The van der Waals surface area contributed by atoms with Crippen LogP contribution in [0, 0.1) is 12.7 Å². The minimum Gasteiger partial charge on any atom is -0.454 e. The van der Waals surface area contributed by atoms with Gasteiger partial charge in [0, 0.05) is 17.1 Å². The second-order valence-electron chi connectivity index (χ2n) is 5.86. The van der Waals surface area contributed by atoms with Gasteiger partial charge in [0.25, 0.3) is 0 Å². The first-order chi connectivity index (χ1) is 12.6. The van der Waals surface area contributed by atoms with Crippen molar-refractivity contribution in [2.24, 2.45) is 0 Å². The van der Waals surface area contributed by atoms with Crippen LogP contribution in [0.3, 0.4) is 0 Å². The van der Waals surface area contributed by atoms with Crippen molar-refractivity contribution in [1.29, 1.82) is 0 Å². The van der Waals surface area contributed by atoms with Gasteiger partial charge < -0.3 is 14.8 Å². The molecule has 2 aromatic carbocycles. The van der Waals surface area contributed by atoms with Gasteiger partial charge in [0.15, 0.2) is 11.5 Å². The molecule has 1 aliphatic rings. The highest BCUT2D eigenvalue weighted by Gasteiger charge is 2.16. The van der Waals surface area contributed by atoms with Gasteiger partial charge in [0.05, 0.1) is 11.3 Å². The predicted molar refractivity (Wildman–Crippen MR) is 98.4 cm³/mol. The Hall–Kier alpha value is -2.80. The summed E-state index contributed by atoms with van der Waals surface area (Å²) >= 11 is 1.34. The third-order valence-electron chi connectivity index (χ3n) is 3.90. The van der Waals surface area contributed by atoms with Crippen molar-refractivity contribution in [3.63, 3.8) is 0 Å². The van der Waals surface area contributed by atoms with Crippen LogP contribution in [0.1, 0.15) is 5.56 Å². The van der Waals surface area contributed by atoms with Crippen molar-refractivity contribution in [3.8, 4) is 11.5 Å². The highest BCUT2D eigenvalue weighted by molar-refractivity contribution is 8.00. The van der Waals surface area contributed by atoms with Crippen LogP contribution in [0.15, 0.2) is 47.5 Å². The summed E-state index contributed by atoms with van der Waals surface area (Å²) in [7, 11) is 0. The molecule has 5 nitrogen and oxygen atoms in total. The fourth-order valence-electron chi connectivity index (χ4n) is 2.70. The lowest BCUT2D eigenvalue weighted by atomic mass is 10.1. The first-order valence-electron chi connectivity index (χ1n) is 7.98. The highest BCUT2D eigenvalue weighted by atomic mass is 32.2. The van der Waals surface area contributed by atoms with Crippen LogP contribution in [0.4, 0.5) is 10.1 Å². The van der Waals surface area contributed by atoms with E-state index in [0.717, 1.165) is 21.5 Å². The van der Waals surface area contributed by atoms with Gasteiger partial charge in [-0.3, -0.25) is 4.79 Å². The normalized spacial score (nSPS) is 12.4. The van der Waals surface area contributed by atoms with Gasteiger partial charge in [-0.15, -0.1) is 0 Å². The number of rotatable bonds is 4. The van der Waals surface area contributed by atoms with Crippen molar-refractivity contribution in [3.05, 3.63) is 53.8 Å². The second-order valence-corrected chi connectivity index (χ2v) is 6.82. The zero-order chi connectivity index (χ0) is 18.1. The van der Waals surface area contributed by atoms with Gasteiger partial charge in [-0.05, 0) is 42.8 Å². The molecule has 0 spiro atoms. The number of fused-ring (bicyclic) bond motifs is 2. The number of thioether (sulfide) groups is 1. The summed E-state index contributed by atoms with van der Waals surface area (Å²) < 4.78 is 24.0. The van der Waals surface area contributed by atoms with Gasteiger partial charge in [0.2, 0.25) is 12.7 Å². The van der Waals surface area contributed by atoms with E-state index in [4.69, 9.17) is 9.47 Å².